The van der Waals surface area contributed by atoms with Crippen molar-refractivity contribution in [3.8, 4) is 0 Å². The van der Waals surface area contributed by atoms with Gasteiger partial charge in [0.2, 0.25) is 5.91 Å². The molecule has 1 aliphatic carbocycles. The van der Waals surface area contributed by atoms with Crippen LogP contribution in [0.25, 0.3) is 0 Å². The van der Waals surface area contributed by atoms with Crippen LogP contribution in [0.2, 0.25) is 0 Å². The lowest BCUT2D eigenvalue weighted by atomic mass is 9.73. The molecule has 3 aliphatic rings. The van der Waals surface area contributed by atoms with E-state index in [2.05, 4.69) is 34.1 Å². The van der Waals surface area contributed by atoms with Crippen molar-refractivity contribution in [3.05, 3.63) is 35.4 Å². The Hall–Kier alpha value is -1.39. The van der Waals surface area contributed by atoms with Crippen molar-refractivity contribution >= 4 is 5.91 Å². The van der Waals surface area contributed by atoms with Crippen molar-refractivity contribution in [1.29, 1.82) is 0 Å². The van der Waals surface area contributed by atoms with E-state index in [9.17, 15) is 4.79 Å². The highest BCUT2D eigenvalue weighted by atomic mass is 16.2. The fourth-order valence-corrected chi connectivity index (χ4v) is 5.27. The van der Waals surface area contributed by atoms with Gasteiger partial charge in [0.1, 0.15) is 0 Å². The van der Waals surface area contributed by atoms with E-state index in [1.165, 1.54) is 32.4 Å². The van der Waals surface area contributed by atoms with Crippen LogP contribution in [0, 0.1) is 0 Å². The van der Waals surface area contributed by atoms with Crippen LogP contribution in [0.1, 0.15) is 49.3 Å². The third-order valence-corrected chi connectivity index (χ3v) is 6.58. The Morgan fingerprint density at radius 1 is 1.12 bits per heavy atom. The molecule has 1 amide bonds. The minimum absolute atomic E-state index is 0.280. The van der Waals surface area contributed by atoms with Gasteiger partial charge in [0, 0.05) is 24.5 Å². The summed E-state index contributed by atoms with van der Waals surface area (Å²) in [4.78, 5) is 19.2. The van der Waals surface area contributed by atoms with Crippen molar-refractivity contribution in [2.45, 2.75) is 43.6 Å². The first-order chi connectivity index (χ1) is 12.1. The average molecular weight is 341 g/mol. The molecule has 2 fully saturated rings. The lowest BCUT2D eigenvalue weighted by Gasteiger charge is -2.41. The molecule has 25 heavy (non-hydrogen) atoms. The number of carbonyl (C=O) groups is 1. The molecule has 0 saturated carbocycles. The summed E-state index contributed by atoms with van der Waals surface area (Å²) in [5.74, 6) is 0.280. The van der Waals surface area contributed by atoms with Crippen molar-refractivity contribution in [2.24, 2.45) is 0 Å². The smallest absolute Gasteiger partial charge is 0.236 e. The second-order valence-electron chi connectivity index (χ2n) is 8.45. The molecule has 4 rings (SSSR count). The van der Waals surface area contributed by atoms with Gasteiger partial charge in [-0.25, -0.2) is 0 Å². The maximum Gasteiger partial charge on any atom is 0.236 e. The van der Waals surface area contributed by atoms with Gasteiger partial charge < -0.3 is 9.80 Å². The molecule has 1 spiro atoms. The Kier molecular flexibility index (Phi) is 4.59. The maximum atomic E-state index is 12.4. The molecule has 4 heteroatoms. The van der Waals surface area contributed by atoms with E-state index in [1.807, 2.05) is 19.0 Å². The lowest BCUT2D eigenvalue weighted by Crippen LogP contribution is -2.47. The third kappa shape index (κ3) is 3.11. The number of fused-ring (bicyclic) bond motifs is 2. The zero-order valence-corrected chi connectivity index (χ0v) is 15.7. The summed E-state index contributed by atoms with van der Waals surface area (Å²) < 4.78 is 0. The van der Waals surface area contributed by atoms with Crippen LogP contribution in [0.3, 0.4) is 0 Å². The standard InChI is InChI=1S/C21H31N3O/c1-22(2)16-20(25)24-13-9-21(10-14-24)15-19(23-11-5-6-12-23)17-7-3-4-8-18(17)21/h3-4,7-8,19H,5-6,9-16H2,1-2H3/t19-/m1/s1. The number of nitrogens with zero attached hydrogens (tertiary/aromatic N) is 3. The molecule has 2 aliphatic heterocycles. The zero-order valence-electron chi connectivity index (χ0n) is 15.7. The van der Waals surface area contributed by atoms with Crippen LogP contribution < -0.4 is 0 Å². The topological polar surface area (TPSA) is 26.8 Å². The van der Waals surface area contributed by atoms with Gasteiger partial charge in [-0.3, -0.25) is 9.69 Å². The molecule has 1 aromatic rings. The Bertz CT molecular complexity index is 628. The minimum Gasteiger partial charge on any atom is -0.342 e. The number of piperidine rings is 1. The molecule has 2 saturated heterocycles. The van der Waals surface area contributed by atoms with E-state index >= 15 is 0 Å². The van der Waals surface area contributed by atoms with E-state index in [4.69, 9.17) is 0 Å². The molecule has 0 radical (unpaired) electrons. The monoisotopic (exact) mass is 341 g/mol. The van der Waals surface area contributed by atoms with E-state index in [-0.39, 0.29) is 5.91 Å². The van der Waals surface area contributed by atoms with Gasteiger partial charge >= 0.3 is 0 Å². The molecule has 0 unspecified atom stereocenters. The molecule has 136 valence electrons. The summed E-state index contributed by atoms with van der Waals surface area (Å²) in [6.45, 7) is 4.85. The van der Waals surface area contributed by atoms with Gasteiger partial charge in [-0.05, 0) is 70.4 Å². The van der Waals surface area contributed by atoms with Crippen molar-refractivity contribution < 1.29 is 4.79 Å². The van der Waals surface area contributed by atoms with Crippen molar-refractivity contribution in [2.75, 3.05) is 46.8 Å². The predicted octanol–water partition coefficient (Wildman–Crippen LogP) is 2.65. The van der Waals surface area contributed by atoms with Crippen LogP contribution in [0.5, 0.6) is 0 Å². The van der Waals surface area contributed by atoms with Gasteiger partial charge in [0.25, 0.3) is 0 Å². The van der Waals surface area contributed by atoms with E-state index < -0.39 is 0 Å². The third-order valence-electron chi connectivity index (χ3n) is 6.58. The highest BCUT2D eigenvalue weighted by Crippen LogP contribution is 2.53. The van der Waals surface area contributed by atoms with Crippen LogP contribution in [-0.2, 0) is 10.2 Å². The maximum absolute atomic E-state index is 12.4. The average Bonchev–Trinajstić information content (AvgIpc) is 3.23. The number of likely N-dealkylation sites (N-methyl/N-ethyl adjacent to an activating group) is 1. The normalized spacial score (nSPS) is 25.7. The number of carbonyl (C=O) groups excluding carboxylic acids is 1. The SMILES string of the molecule is CN(C)CC(=O)N1CCC2(CC1)C[C@@H](N1CCCC1)c1ccccc12. The van der Waals surface area contributed by atoms with Crippen molar-refractivity contribution in [1.82, 2.24) is 14.7 Å². The second-order valence-corrected chi connectivity index (χ2v) is 8.45. The fourth-order valence-electron chi connectivity index (χ4n) is 5.27. The first-order valence-electron chi connectivity index (χ1n) is 9.85. The van der Waals surface area contributed by atoms with Gasteiger partial charge in [0.05, 0.1) is 6.54 Å². The van der Waals surface area contributed by atoms with E-state index in [0.29, 0.717) is 18.0 Å². The van der Waals surface area contributed by atoms with Gasteiger partial charge in [-0.1, -0.05) is 24.3 Å². The van der Waals surface area contributed by atoms with E-state index in [1.54, 1.807) is 11.1 Å². The number of rotatable bonds is 3. The fraction of sp³-hybridized carbons (Fsp3) is 0.667. The van der Waals surface area contributed by atoms with Crippen LogP contribution in [-0.4, -0.2) is 67.4 Å². The summed E-state index contributed by atoms with van der Waals surface area (Å²) in [5.41, 5.74) is 3.43. The van der Waals surface area contributed by atoms with E-state index in [0.717, 1.165) is 25.9 Å². The first kappa shape index (κ1) is 17.0. The molecular formula is C21H31N3O. The van der Waals surface area contributed by atoms with Crippen LogP contribution in [0.15, 0.2) is 24.3 Å². The number of benzene rings is 1. The number of amides is 1. The molecule has 2 heterocycles. The van der Waals surface area contributed by atoms with Gasteiger partial charge in [-0.15, -0.1) is 0 Å². The van der Waals surface area contributed by atoms with Gasteiger partial charge in [0.15, 0.2) is 0 Å². The molecule has 1 aromatic carbocycles. The Morgan fingerprint density at radius 3 is 2.48 bits per heavy atom. The summed E-state index contributed by atoms with van der Waals surface area (Å²) in [6.07, 6.45) is 6.18. The second kappa shape index (κ2) is 6.73. The van der Waals surface area contributed by atoms with Crippen molar-refractivity contribution in [3.63, 3.8) is 0 Å². The Morgan fingerprint density at radius 2 is 1.80 bits per heavy atom. The largest absolute Gasteiger partial charge is 0.342 e. The summed E-state index contributed by atoms with van der Waals surface area (Å²) in [5, 5.41) is 0. The first-order valence-corrected chi connectivity index (χ1v) is 9.85. The van der Waals surface area contributed by atoms with Crippen LogP contribution >= 0.6 is 0 Å². The lowest BCUT2D eigenvalue weighted by molar-refractivity contribution is -0.133. The molecule has 0 aromatic heterocycles. The molecule has 1 atom stereocenters. The molecule has 0 bridgehead atoms. The van der Waals surface area contributed by atoms with Crippen LogP contribution in [0.4, 0.5) is 0 Å². The number of hydrogen-bond donors (Lipinski definition) is 0. The quantitative estimate of drug-likeness (QED) is 0.846. The highest BCUT2D eigenvalue weighted by Gasteiger charge is 2.47. The number of likely N-dealkylation sites (tertiary alicyclic amines) is 2. The highest BCUT2D eigenvalue weighted by molar-refractivity contribution is 5.78. The molecule has 0 N–H and O–H groups in total. The Balaban J connectivity index is 1.52. The Labute approximate surface area is 151 Å². The summed E-state index contributed by atoms with van der Waals surface area (Å²) in [6, 6.07) is 9.73. The summed E-state index contributed by atoms with van der Waals surface area (Å²) in [7, 11) is 3.94. The molecule has 4 nitrogen and oxygen atoms in total. The molecular weight excluding hydrogens is 310 g/mol. The zero-order chi connectivity index (χ0) is 17.4. The van der Waals surface area contributed by atoms with Gasteiger partial charge in [-0.2, -0.15) is 0 Å². The number of hydrogen-bond acceptors (Lipinski definition) is 3. The predicted molar refractivity (Wildman–Crippen MR) is 101 cm³/mol. The summed E-state index contributed by atoms with van der Waals surface area (Å²) >= 11 is 0. The minimum atomic E-state index is 0.280.